The van der Waals surface area contributed by atoms with Crippen molar-refractivity contribution in [2.75, 3.05) is 5.32 Å². The van der Waals surface area contributed by atoms with Gasteiger partial charge in [0.2, 0.25) is 0 Å². The Morgan fingerprint density at radius 2 is 2.17 bits per heavy atom. The summed E-state index contributed by atoms with van der Waals surface area (Å²) in [6.07, 6.45) is 0. The predicted molar refractivity (Wildman–Crippen MR) is 85.6 cm³/mol. The molecule has 0 radical (unpaired) electrons. The molecule has 0 bridgehead atoms. The number of hydrogen-bond acceptors (Lipinski definition) is 6. The van der Waals surface area contributed by atoms with Crippen LogP contribution in [0.3, 0.4) is 0 Å². The number of rotatable bonds is 4. The molecule has 2 aromatic heterocycles. The van der Waals surface area contributed by atoms with Crippen LogP contribution in [-0.4, -0.2) is 15.8 Å². The Bertz CT molecular complexity index is 934. The van der Waals surface area contributed by atoms with E-state index in [0.29, 0.717) is 16.5 Å². The maximum absolute atomic E-state index is 13.7. The number of nitrogens with one attached hydrogen (secondary N) is 1. The fourth-order valence-corrected chi connectivity index (χ4v) is 2.71. The lowest BCUT2D eigenvalue weighted by Gasteiger charge is -2.04. The Kier molecular flexibility index (Phi) is 4.09. The molecule has 0 saturated carbocycles. The summed E-state index contributed by atoms with van der Waals surface area (Å²) in [5.41, 5.74) is -0.538. The standard InChI is InChI=1S/C15H10FN3O4S/c1-8-2-5-13(23-8)15-18-12(7-24-15)14(20)17-11-6-9(19(21)22)3-4-10(11)16/h2-7H,1H3,(H,17,20). The van der Waals surface area contributed by atoms with Crippen molar-refractivity contribution in [3.8, 4) is 10.8 Å². The van der Waals surface area contributed by atoms with Gasteiger partial charge in [-0.25, -0.2) is 9.37 Å². The maximum atomic E-state index is 13.7. The zero-order chi connectivity index (χ0) is 17.3. The topological polar surface area (TPSA) is 98.3 Å². The summed E-state index contributed by atoms with van der Waals surface area (Å²) in [7, 11) is 0. The molecule has 1 amide bonds. The Morgan fingerprint density at radius 1 is 1.38 bits per heavy atom. The number of benzene rings is 1. The third-order valence-electron chi connectivity index (χ3n) is 3.10. The monoisotopic (exact) mass is 347 g/mol. The molecule has 0 saturated heterocycles. The van der Waals surface area contributed by atoms with Crippen LogP contribution in [0.1, 0.15) is 16.2 Å². The number of carbonyl (C=O) groups excluding carboxylic acids is 1. The highest BCUT2D eigenvalue weighted by Gasteiger charge is 2.17. The molecule has 0 aliphatic rings. The number of carbonyl (C=O) groups is 1. The number of aromatic nitrogens is 1. The SMILES string of the molecule is Cc1ccc(-c2nc(C(=O)Nc3cc([N+](=O)[O-])ccc3F)cs2)o1. The van der Waals surface area contributed by atoms with Crippen molar-refractivity contribution in [2.45, 2.75) is 6.92 Å². The molecule has 0 atom stereocenters. The van der Waals surface area contributed by atoms with Gasteiger partial charge in [0.05, 0.1) is 10.6 Å². The first-order valence-electron chi connectivity index (χ1n) is 6.71. The summed E-state index contributed by atoms with van der Waals surface area (Å²) in [6, 6.07) is 6.40. The number of amides is 1. The van der Waals surface area contributed by atoms with Crippen LogP contribution in [-0.2, 0) is 0 Å². The van der Waals surface area contributed by atoms with Gasteiger partial charge in [0.15, 0.2) is 10.8 Å². The van der Waals surface area contributed by atoms with Gasteiger partial charge in [0.25, 0.3) is 11.6 Å². The first kappa shape index (κ1) is 15.8. The van der Waals surface area contributed by atoms with Gasteiger partial charge in [-0.05, 0) is 25.1 Å². The Labute approximate surface area is 138 Å². The minimum absolute atomic E-state index is 0.0648. The molecular formula is C15H10FN3O4S. The molecule has 7 nitrogen and oxygen atoms in total. The molecule has 2 heterocycles. The number of halogens is 1. The number of nitro benzene ring substituents is 1. The number of non-ortho nitro benzene ring substituents is 1. The lowest BCUT2D eigenvalue weighted by atomic mass is 10.2. The van der Waals surface area contributed by atoms with Crippen molar-refractivity contribution in [3.05, 3.63) is 63.1 Å². The van der Waals surface area contributed by atoms with Gasteiger partial charge in [0.1, 0.15) is 17.3 Å². The summed E-state index contributed by atoms with van der Waals surface area (Å²) < 4.78 is 19.1. The molecule has 3 aromatic rings. The average molecular weight is 347 g/mol. The van der Waals surface area contributed by atoms with Gasteiger partial charge in [0, 0.05) is 17.5 Å². The second-order valence-electron chi connectivity index (χ2n) is 4.82. The number of anilines is 1. The van der Waals surface area contributed by atoms with Gasteiger partial charge >= 0.3 is 0 Å². The number of furan rings is 1. The summed E-state index contributed by atoms with van der Waals surface area (Å²) in [4.78, 5) is 26.4. The highest BCUT2D eigenvalue weighted by Crippen LogP contribution is 2.26. The third kappa shape index (κ3) is 3.15. The van der Waals surface area contributed by atoms with Gasteiger partial charge in [-0.15, -0.1) is 11.3 Å². The van der Waals surface area contributed by atoms with Gasteiger partial charge < -0.3 is 9.73 Å². The fraction of sp³-hybridized carbons (Fsp3) is 0.0667. The van der Waals surface area contributed by atoms with Crippen LogP contribution >= 0.6 is 11.3 Å². The van der Waals surface area contributed by atoms with Crippen LogP contribution < -0.4 is 5.32 Å². The first-order chi connectivity index (χ1) is 11.4. The van der Waals surface area contributed by atoms with Crippen molar-refractivity contribution in [3.63, 3.8) is 0 Å². The number of nitrogens with zero attached hydrogens (tertiary/aromatic N) is 2. The van der Waals surface area contributed by atoms with E-state index < -0.39 is 16.6 Å². The van der Waals surface area contributed by atoms with E-state index in [2.05, 4.69) is 10.3 Å². The lowest BCUT2D eigenvalue weighted by Crippen LogP contribution is -2.13. The number of aryl methyl sites for hydroxylation is 1. The third-order valence-corrected chi connectivity index (χ3v) is 3.95. The van der Waals surface area contributed by atoms with E-state index in [1.54, 1.807) is 19.1 Å². The van der Waals surface area contributed by atoms with Gasteiger partial charge in [-0.3, -0.25) is 14.9 Å². The normalized spacial score (nSPS) is 10.6. The largest absolute Gasteiger partial charge is 0.459 e. The van der Waals surface area contributed by atoms with Crippen molar-refractivity contribution in [1.82, 2.24) is 4.98 Å². The molecule has 0 aliphatic heterocycles. The van der Waals surface area contributed by atoms with E-state index in [0.717, 1.165) is 18.2 Å². The summed E-state index contributed by atoms with van der Waals surface area (Å²) in [6.45, 7) is 1.79. The van der Waals surface area contributed by atoms with Crippen LogP contribution in [0.4, 0.5) is 15.8 Å². The molecule has 24 heavy (non-hydrogen) atoms. The van der Waals surface area contributed by atoms with E-state index in [1.165, 1.54) is 16.7 Å². The average Bonchev–Trinajstić information content (AvgIpc) is 3.17. The number of nitro groups is 1. The van der Waals surface area contributed by atoms with Crippen molar-refractivity contribution >= 4 is 28.6 Å². The molecule has 0 aliphatic carbocycles. The van der Waals surface area contributed by atoms with Crippen molar-refractivity contribution in [1.29, 1.82) is 0 Å². The summed E-state index contributed by atoms with van der Waals surface area (Å²) in [5, 5.41) is 15.0. The Hall–Kier alpha value is -3.07. The number of hydrogen-bond donors (Lipinski definition) is 1. The zero-order valence-electron chi connectivity index (χ0n) is 12.3. The Balaban J connectivity index is 1.82. The molecule has 9 heteroatoms. The fourth-order valence-electron chi connectivity index (χ4n) is 1.95. The molecule has 3 rings (SSSR count). The van der Waals surface area contributed by atoms with E-state index in [9.17, 15) is 19.3 Å². The molecule has 0 fully saturated rings. The smallest absolute Gasteiger partial charge is 0.275 e. The summed E-state index contributed by atoms with van der Waals surface area (Å²) in [5.74, 6) is -0.200. The van der Waals surface area contributed by atoms with E-state index in [-0.39, 0.29) is 17.1 Å². The minimum atomic E-state index is -0.772. The van der Waals surface area contributed by atoms with Crippen molar-refractivity contribution in [2.24, 2.45) is 0 Å². The van der Waals surface area contributed by atoms with Crippen LogP contribution in [0.2, 0.25) is 0 Å². The summed E-state index contributed by atoms with van der Waals surface area (Å²) >= 11 is 1.20. The van der Waals surface area contributed by atoms with E-state index in [1.807, 2.05) is 0 Å². The second-order valence-corrected chi connectivity index (χ2v) is 5.68. The van der Waals surface area contributed by atoms with E-state index in [4.69, 9.17) is 4.42 Å². The van der Waals surface area contributed by atoms with Crippen LogP contribution in [0.15, 0.2) is 40.1 Å². The molecule has 0 spiro atoms. The second kappa shape index (κ2) is 6.20. The molecule has 122 valence electrons. The highest BCUT2D eigenvalue weighted by molar-refractivity contribution is 7.13. The molecule has 1 aromatic carbocycles. The van der Waals surface area contributed by atoms with Crippen LogP contribution in [0, 0.1) is 22.9 Å². The quantitative estimate of drug-likeness (QED) is 0.568. The van der Waals surface area contributed by atoms with E-state index >= 15 is 0 Å². The van der Waals surface area contributed by atoms with Crippen molar-refractivity contribution < 1.29 is 18.5 Å². The maximum Gasteiger partial charge on any atom is 0.275 e. The zero-order valence-corrected chi connectivity index (χ0v) is 13.1. The number of thiazole rings is 1. The van der Waals surface area contributed by atoms with Crippen LogP contribution in [0.5, 0.6) is 0 Å². The molecule has 0 unspecified atom stereocenters. The molecule has 1 N–H and O–H groups in total. The molecular weight excluding hydrogens is 337 g/mol. The highest BCUT2D eigenvalue weighted by atomic mass is 32.1. The first-order valence-corrected chi connectivity index (χ1v) is 7.59. The van der Waals surface area contributed by atoms with Crippen LogP contribution in [0.25, 0.3) is 10.8 Å². The van der Waals surface area contributed by atoms with Gasteiger partial charge in [-0.2, -0.15) is 0 Å². The minimum Gasteiger partial charge on any atom is -0.459 e. The Morgan fingerprint density at radius 3 is 2.83 bits per heavy atom. The predicted octanol–water partition coefficient (Wildman–Crippen LogP) is 4.01. The lowest BCUT2D eigenvalue weighted by molar-refractivity contribution is -0.384. The van der Waals surface area contributed by atoms with Gasteiger partial charge in [-0.1, -0.05) is 0 Å².